The first-order valence-corrected chi connectivity index (χ1v) is 6.38. The van der Waals surface area contributed by atoms with E-state index < -0.39 is 5.82 Å². The predicted molar refractivity (Wildman–Crippen MR) is 77.6 cm³/mol. The van der Waals surface area contributed by atoms with E-state index in [2.05, 4.69) is 21.2 Å². The Hall–Kier alpha value is -1.88. The van der Waals surface area contributed by atoms with Crippen molar-refractivity contribution in [2.75, 3.05) is 11.1 Å². The quantitative estimate of drug-likeness (QED) is 0.828. The molecule has 2 rings (SSSR count). The first-order chi connectivity index (χ1) is 8.95. The van der Waals surface area contributed by atoms with Crippen molar-refractivity contribution in [1.29, 1.82) is 0 Å². The van der Waals surface area contributed by atoms with Crippen molar-refractivity contribution in [2.24, 2.45) is 0 Å². The van der Waals surface area contributed by atoms with Gasteiger partial charge < -0.3 is 11.1 Å². The maximum atomic E-state index is 13.2. The SMILES string of the molecule is Cc1cc(Br)ccc1C(=O)Nc1cc(N)cc(F)c1. The van der Waals surface area contributed by atoms with Gasteiger partial charge in [-0.1, -0.05) is 15.9 Å². The molecule has 98 valence electrons. The Bertz CT molecular complexity index is 623. The van der Waals surface area contributed by atoms with Crippen molar-refractivity contribution in [2.45, 2.75) is 6.92 Å². The smallest absolute Gasteiger partial charge is 0.255 e. The van der Waals surface area contributed by atoms with Crippen molar-refractivity contribution < 1.29 is 9.18 Å². The number of nitrogens with two attached hydrogens (primary N) is 1. The highest BCUT2D eigenvalue weighted by atomic mass is 79.9. The molecule has 0 heterocycles. The number of nitrogen functional groups attached to an aromatic ring is 1. The lowest BCUT2D eigenvalue weighted by molar-refractivity contribution is 0.102. The second-order valence-electron chi connectivity index (χ2n) is 4.19. The molecule has 0 aliphatic heterocycles. The number of anilines is 2. The fraction of sp³-hybridized carbons (Fsp3) is 0.0714. The fourth-order valence-corrected chi connectivity index (χ4v) is 2.24. The third-order valence-electron chi connectivity index (χ3n) is 2.61. The molecule has 1 amide bonds. The zero-order valence-electron chi connectivity index (χ0n) is 10.2. The van der Waals surface area contributed by atoms with Gasteiger partial charge in [0.2, 0.25) is 0 Å². The number of benzene rings is 2. The van der Waals surface area contributed by atoms with E-state index in [0.717, 1.165) is 10.0 Å². The number of amides is 1. The molecule has 0 radical (unpaired) electrons. The molecule has 5 heteroatoms. The largest absolute Gasteiger partial charge is 0.399 e. The number of aryl methyl sites for hydroxylation is 1. The van der Waals surface area contributed by atoms with Crippen LogP contribution in [0.3, 0.4) is 0 Å². The topological polar surface area (TPSA) is 55.1 Å². The molecule has 0 saturated heterocycles. The Kier molecular flexibility index (Phi) is 3.85. The number of nitrogens with one attached hydrogen (secondary N) is 1. The highest BCUT2D eigenvalue weighted by Gasteiger charge is 2.10. The molecule has 0 aliphatic carbocycles. The maximum absolute atomic E-state index is 13.2. The highest BCUT2D eigenvalue weighted by molar-refractivity contribution is 9.10. The summed E-state index contributed by atoms with van der Waals surface area (Å²) in [5.74, 6) is -0.780. The number of hydrogen-bond donors (Lipinski definition) is 2. The van der Waals surface area contributed by atoms with Crippen LogP contribution < -0.4 is 11.1 Å². The van der Waals surface area contributed by atoms with Gasteiger partial charge in [-0.15, -0.1) is 0 Å². The van der Waals surface area contributed by atoms with Crippen LogP contribution in [-0.2, 0) is 0 Å². The van der Waals surface area contributed by atoms with Crippen LogP contribution in [0.25, 0.3) is 0 Å². The molecule has 0 spiro atoms. The second kappa shape index (κ2) is 5.40. The summed E-state index contributed by atoms with van der Waals surface area (Å²) in [6, 6.07) is 9.26. The average molecular weight is 323 g/mol. The van der Waals surface area contributed by atoms with Crippen LogP contribution in [0.2, 0.25) is 0 Å². The van der Waals surface area contributed by atoms with E-state index in [1.165, 1.54) is 18.2 Å². The lowest BCUT2D eigenvalue weighted by Gasteiger charge is -2.09. The molecule has 3 nitrogen and oxygen atoms in total. The number of rotatable bonds is 2. The third kappa shape index (κ3) is 3.32. The minimum absolute atomic E-state index is 0.267. The Labute approximate surface area is 118 Å². The van der Waals surface area contributed by atoms with Gasteiger partial charge in [0, 0.05) is 21.4 Å². The van der Waals surface area contributed by atoms with E-state index in [4.69, 9.17) is 5.73 Å². The summed E-state index contributed by atoms with van der Waals surface area (Å²) in [7, 11) is 0. The summed E-state index contributed by atoms with van der Waals surface area (Å²) in [6.45, 7) is 1.83. The van der Waals surface area contributed by atoms with E-state index in [0.29, 0.717) is 11.3 Å². The van der Waals surface area contributed by atoms with Gasteiger partial charge >= 0.3 is 0 Å². The first kappa shape index (κ1) is 13.5. The lowest BCUT2D eigenvalue weighted by Crippen LogP contribution is -2.13. The standard InChI is InChI=1S/C14H12BrFN2O/c1-8-4-9(15)2-3-13(8)14(19)18-12-6-10(16)5-11(17)7-12/h2-7H,17H2,1H3,(H,18,19). The third-order valence-corrected chi connectivity index (χ3v) is 3.10. The fourth-order valence-electron chi connectivity index (χ4n) is 1.76. The molecule has 0 aromatic heterocycles. The number of hydrogen-bond acceptors (Lipinski definition) is 2. The summed E-state index contributed by atoms with van der Waals surface area (Å²) in [6.07, 6.45) is 0. The molecular weight excluding hydrogens is 311 g/mol. The van der Waals surface area contributed by atoms with Gasteiger partial charge in [0.25, 0.3) is 5.91 Å². The van der Waals surface area contributed by atoms with Gasteiger partial charge in [0.15, 0.2) is 0 Å². The molecule has 0 unspecified atom stereocenters. The predicted octanol–water partition coefficient (Wildman–Crippen LogP) is 3.73. The lowest BCUT2D eigenvalue weighted by atomic mass is 10.1. The van der Waals surface area contributed by atoms with Gasteiger partial charge in [-0.3, -0.25) is 4.79 Å². The van der Waals surface area contributed by atoms with Crippen LogP contribution in [-0.4, -0.2) is 5.91 Å². The Morgan fingerprint density at radius 2 is 2.00 bits per heavy atom. The number of halogens is 2. The zero-order valence-corrected chi connectivity index (χ0v) is 11.8. The summed E-state index contributed by atoms with van der Waals surface area (Å²) >= 11 is 3.33. The van der Waals surface area contributed by atoms with Crippen LogP contribution in [0.15, 0.2) is 40.9 Å². The molecule has 2 aromatic rings. The monoisotopic (exact) mass is 322 g/mol. The summed E-state index contributed by atoms with van der Waals surface area (Å²) in [5.41, 5.74) is 7.49. The van der Waals surface area contributed by atoms with E-state index >= 15 is 0 Å². The molecule has 2 aromatic carbocycles. The second-order valence-corrected chi connectivity index (χ2v) is 5.10. The Morgan fingerprint density at radius 3 is 2.63 bits per heavy atom. The summed E-state index contributed by atoms with van der Waals surface area (Å²) < 4.78 is 14.1. The van der Waals surface area contributed by atoms with E-state index in [9.17, 15) is 9.18 Å². The van der Waals surface area contributed by atoms with Crippen LogP contribution in [0.4, 0.5) is 15.8 Å². The number of carbonyl (C=O) groups is 1. The minimum Gasteiger partial charge on any atom is -0.399 e. The van der Waals surface area contributed by atoms with Crippen molar-refractivity contribution in [1.82, 2.24) is 0 Å². The Balaban J connectivity index is 2.25. The van der Waals surface area contributed by atoms with Gasteiger partial charge in [-0.25, -0.2) is 4.39 Å². The molecule has 19 heavy (non-hydrogen) atoms. The van der Waals surface area contributed by atoms with Gasteiger partial charge in [-0.05, 0) is 48.9 Å². The highest BCUT2D eigenvalue weighted by Crippen LogP contribution is 2.19. The van der Waals surface area contributed by atoms with Gasteiger partial charge in [0.1, 0.15) is 5.82 Å². The Morgan fingerprint density at radius 1 is 1.26 bits per heavy atom. The van der Waals surface area contributed by atoms with Crippen LogP contribution in [0, 0.1) is 12.7 Å². The molecule has 0 bridgehead atoms. The van der Waals surface area contributed by atoms with E-state index in [-0.39, 0.29) is 11.6 Å². The van der Waals surface area contributed by atoms with Gasteiger partial charge in [-0.2, -0.15) is 0 Å². The van der Waals surface area contributed by atoms with E-state index in [1.807, 2.05) is 13.0 Å². The minimum atomic E-state index is -0.483. The van der Waals surface area contributed by atoms with Crippen LogP contribution in [0.5, 0.6) is 0 Å². The van der Waals surface area contributed by atoms with E-state index in [1.54, 1.807) is 12.1 Å². The van der Waals surface area contributed by atoms with Crippen LogP contribution in [0.1, 0.15) is 15.9 Å². The van der Waals surface area contributed by atoms with Crippen molar-refractivity contribution in [3.05, 3.63) is 57.8 Å². The first-order valence-electron chi connectivity index (χ1n) is 5.59. The van der Waals surface area contributed by atoms with Crippen molar-refractivity contribution in [3.63, 3.8) is 0 Å². The molecule has 3 N–H and O–H groups in total. The number of carbonyl (C=O) groups excluding carboxylic acids is 1. The van der Waals surface area contributed by atoms with Crippen LogP contribution >= 0.6 is 15.9 Å². The molecular formula is C14H12BrFN2O. The summed E-state index contributed by atoms with van der Waals surface area (Å²) in [5, 5.41) is 2.63. The summed E-state index contributed by atoms with van der Waals surface area (Å²) in [4.78, 5) is 12.1. The van der Waals surface area contributed by atoms with Crippen molar-refractivity contribution in [3.8, 4) is 0 Å². The average Bonchev–Trinajstić information content (AvgIpc) is 2.26. The molecule has 0 fully saturated rings. The molecule has 0 saturated carbocycles. The molecule has 0 aliphatic rings. The maximum Gasteiger partial charge on any atom is 0.255 e. The normalized spacial score (nSPS) is 10.3. The van der Waals surface area contributed by atoms with Crippen molar-refractivity contribution >= 4 is 33.2 Å². The van der Waals surface area contributed by atoms with Gasteiger partial charge in [0.05, 0.1) is 0 Å². The molecule has 0 atom stereocenters. The zero-order chi connectivity index (χ0) is 14.0.